The second kappa shape index (κ2) is 2.99. The van der Waals surface area contributed by atoms with E-state index in [2.05, 4.69) is 6.58 Å². The molecule has 0 aromatic carbocycles. The minimum absolute atomic E-state index is 0.0517. The van der Waals surface area contributed by atoms with Crippen molar-refractivity contribution in [3.05, 3.63) is 12.7 Å². The Bertz CT molecular complexity index is 448. The SMILES string of the molecule is C=CC12OC3C(O)C4CC3C1C4C(=O)N2C(C)C. The van der Waals surface area contributed by atoms with Gasteiger partial charge in [-0.05, 0) is 38.2 Å². The lowest BCUT2D eigenvalue weighted by molar-refractivity contribution is -0.169. The quantitative estimate of drug-likeness (QED) is 0.735. The van der Waals surface area contributed by atoms with Crippen molar-refractivity contribution in [1.82, 2.24) is 4.90 Å². The molecular weight excluding hydrogens is 230 g/mol. The number of hydrogen-bond acceptors (Lipinski definition) is 3. The largest absolute Gasteiger partial charge is 0.390 e. The molecule has 4 heteroatoms. The summed E-state index contributed by atoms with van der Waals surface area (Å²) in [6, 6.07) is 0.108. The van der Waals surface area contributed by atoms with Gasteiger partial charge < -0.3 is 14.7 Å². The maximum Gasteiger partial charge on any atom is 0.229 e. The molecule has 0 spiro atoms. The summed E-state index contributed by atoms with van der Waals surface area (Å²) in [7, 11) is 0. The molecule has 0 radical (unpaired) electrons. The molecule has 2 heterocycles. The van der Waals surface area contributed by atoms with Crippen LogP contribution >= 0.6 is 0 Å². The molecule has 0 aromatic rings. The summed E-state index contributed by atoms with van der Waals surface area (Å²) in [4.78, 5) is 14.5. The Hall–Kier alpha value is -0.870. The maximum atomic E-state index is 12.7. The van der Waals surface area contributed by atoms with Gasteiger partial charge in [0.25, 0.3) is 0 Å². The summed E-state index contributed by atoms with van der Waals surface area (Å²) in [5, 5.41) is 10.3. The number of hydrogen-bond donors (Lipinski definition) is 1. The Morgan fingerprint density at radius 3 is 2.89 bits per heavy atom. The third-order valence-electron chi connectivity index (χ3n) is 5.56. The first kappa shape index (κ1) is 11.0. The van der Waals surface area contributed by atoms with Crippen LogP contribution in [0.2, 0.25) is 0 Å². The van der Waals surface area contributed by atoms with Gasteiger partial charge in [0.15, 0.2) is 5.72 Å². The lowest BCUT2D eigenvalue weighted by Crippen LogP contribution is -2.52. The number of fused-ring (bicyclic) bond motifs is 2. The van der Waals surface area contributed by atoms with Gasteiger partial charge in [-0.1, -0.05) is 6.58 Å². The molecule has 98 valence electrons. The summed E-state index contributed by atoms with van der Waals surface area (Å²) >= 11 is 0. The average molecular weight is 249 g/mol. The zero-order valence-electron chi connectivity index (χ0n) is 10.7. The Kier molecular flexibility index (Phi) is 1.83. The fourth-order valence-corrected chi connectivity index (χ4v) is 5.17. The van der Waals surface area contributed by atoms with E-state index in [1.807, 2.05) is 18.7 Å². The van der Waals surface area contributed by atoms with E-state index in [1.165, 1.54) is 0 Å². The van der Waals surface area contributed by atoms with E-state index in [9.17, 15) is 9.90 Å². The first-order valence-corrected chi connectivity index (χ1v) is 6.85. The molecule has 4 nitrogen and oxygen atoms in total. The van der Waals surface area contributed by atoms with Gasteiger partial charge in [-0.15, -0.1) is 0 Å². The van der Waals surface area contributed by atoms with Crippen molar-refractivity contribution in [3.63, 3.8) is 0 Å². The summed E-state index contributed by atoms with van der Waals surface area (Å²) in [6.07, 6.45) is 2.18. The number of nitrogens with zero attached hydrogens (tertiary/aromatic N) is 1. The second-order valence-electron chi connectivity index (χ2n) is 6.45. The molecule has 1 N–H and O–H groups in total. The van der Waals surface area contributed by atoms with Crippen LogP contribution in [0.3, 0.4) is 0 Å². The zero-order chi connectivity index (χ0) is 12.8. The van der Waals surface area contributed by atoms with Gasteiger partial charge in [-0.25, -0.2) is 0 Å². The van der Waals surface area contributed by atoms with Gasteiger partial charge in [0.05, 0.1) is 18.1 Å². The third kappa shape index (κ3) is 0.864. The Labute approximate surface area is 107 Å². The normalized spacial score (nSPS) is 56.0. The van der Waals surface area contributed by atoms with Crippen LogP contribution in [-0.4, -0.2) is 39.9 Å². The second-order valence-corrected chi connectivity index (χ2v) is 6.45. The minimum atomic E-state index is -0.655. The van der Waals surface area contributed by atoms with Crippen molar-refractivity contribution in [2.75, 3.05) is 0 Å². The monoisotopic (exact) mass is 249 g/mol. The van der Waals surface area contributed by atoms with Crippen LogP contribution < -0.4 is 0 Å². The summed E-state index contributed by atoms with van der Waals surface area (Å²) < 4.78 is 6.16. The van der Waals surface area contributed by atoms with E-state index in [0.717, 1.165) is 6.42 Å². The molecular formula is C14H19NO3. The van der Waals surface area contributed by atoms with Crippen LogP contribution in [0.25, 0.3) is 0 Å². The average Bonchev–Trinajstić information content (AvgIpc) is 2.94. The number of carbonyl (C=O) groups excluding carboxylic acids is 1. The Morgan fingerprint density at radius 2 is 2.28 bits per heavy atom. The maximum absolute atomic E-state index is 12.7. The zero-order valence-corrected chi connectivity index (χ0v) is 10.7. The van der Waals surface area contributed by atoms with E-state index in [0.29, 0.717) is 5.92 Å². The number of ether oxygens (including phenoxy) is 1. The molecule has 1 amide bonds. The smallest absolute Gasteiger partial charge is 0.229 e. The molecule has 2 aliphatic carbocycles. The van der Waals surface area contributed by atoms with Gasteiger partial charge in [-0.3, -0.25) is 4.79 Å². The predicted molar refractivity (Wildman–Crippen MR) is 64.4 cm³/mol. The van der Waals surface area contributed by atoms with Crippen molar-refractivity contribution in [2.45, 2.75) is 44.2 Å². The van der Waals surface area contributed by atoms with Gasteiger partial charge in [0.2, 0.25) is 5.91 Å². The van der Waals surface area contributed by atoms with Crippen molar-refractivity contribution in [3.8, 4) is 0 Å². The molecule has 0 aromatic heterocycles. The van der Waals surface area contributed by atoms with Crippen molar-refractivity contribution in [1.29, 1.82) is 0 Å². The number of aliphatic hydroxyl groups is 1. The predicted octanol–water partition coefficient (Wildman–Crippen LogP) is 0.761. The van der Waals surface area contributed by atoms with Gasteiger partial charge in [0, 0.05) is 12.0 Å². The number of amides is 1. The highest BCUT2D eigenvalue weighted by molar-refractivity contribution is 5.85. The number of rotatable bonds is 2. The van der Waals surface area contributed by atoms with Crippen LogP contribution in [0, 0.1) is 23.7 Å². The molecule has 18 heavy (non-hydrogen) atoms. The van der Waals surface area contributed by atoms with Crippen molar-refractivity contribution < 1.29 is 14.6 Å². The third-order valence-corrected chi connectivity index (χ3v) is 5.56. The Balaban J connectivity index is 1.89. The molecule has 4 aliphatic rings. The fraction of sp³-hybridized carbons (Fsp3) is 0.786. The van der Waals surface area contributed by atoms with Gasteiger partial charge in [0.1, 0.15) is 0 Å². The molecule has 2 saturated carbocycles. The molecule has 7 unspecified atom stereocenters. The molecule has 4 fully saturated rings. The summed E-state index contributed by atoms with van der Waals surface area (Å²) in [6.45, 7) is 7.95. The van der Waals surface area contributed by atoms with Crippen molar-refractivity contribution >= 4 is 5.91 Å². The van der Waals surface area contributed by atoms with Crippen LogP contribution in [0.1, 0.15) is 20.3 Å². The molecule has 7 atom stereocenters. The van der Waals surface area contributed by atoms with Crippen LogP contribution in [0.5, 0.6) is 0 Å². The highest BCUT2D eigenvalue weighted by Gasteiger charge is 2.77. The highest BCUT2D eigenvalue weighted by atomic mass is 16.6. The lowest BCUT2D eigenvalue weighted by Gasteiger charge is -2.39. The van der Waals surface area contributed by atoms with E-state index < -0.39 is 11.8 Å². The van der Waals surface area contributed by atoms with E-state index >= 15 is 0 Å². The summed E-state index contributed by atoms with van der Waals surface area (Å²) in [5.41, 5.74) is -0.655. The lowest BCUT2D eigenvalue weighted by atomic mass is 9.77. The van der Waals surface area contributed by atoms with E-state index in [1.54, 1.807) is 6.08 Å². The van der Waals surface area contributed by atoms with E-state index in [-0.39, 0.29) is 35.8 Å². The standard InChI is InChI=1S/C14H19NO3/c1-4-14-10-8-5-7(11(16)12(8)18-14)9(10)13(17)15(14)6(2)3/h4,6-12,16H,1,5H2,2-3H3. The van der Waals surface area contributed by atoms with Gasteiger partial charge >= 0.3 is 0 Å². The number of likely N-dealkylation sites (tertiary alicyclic amines) is 1. The van der Waals surface area contributed by atoms with Gasteiger partial charge in [-0.2, -0.15) is 0 Å². The molecule has 4 rings (SSSR count). The fourth-order valence-electron chi connectivity index (χ4n) is 5.17. The molecule has 2 aliphatic heterocycles. The van der Waals surface area contributed by atoms with Crippen molar-refractivity contribution in [2.24, 2.45) is 23.7 Å². The first-order chi connectivity index (χ1) is 8.53. The van der Waals surface area contributed by atoms with Crippen LogP contribution in [0.15, 0.2) is 12.7 Å². The van der Waals surface area contributed by atoms with Crippen LogP contribution in [-0.2, 0) is 9.53 Å². The summed E-state index contributed by atoms with van der Waals surface area (Å²) in [5.74, 6) is 0.746. The molecule has 2 saturated heterocycles. The topological polar surface area (TPSA) is 49.8 Å². The highest BCUT2D eigenvalue weighted by Crippen LogP contribution is 2.68. The first-order valence-electron chi connectivity index (χ1n) is 6.85. The Morgan fingerprint density at radius 1 is 1.56 bits per heavy atom. The van der Waals surface area contributed by atoms with Crippen LogP contribution in [0.4, 0.5) is 0 Å². The number of carbonyl (C=O) groups is 1. The molecule has 2 bridgehead atoms. The minimum Gasteiger partial charge on any atom is -0.390 e. The number of aliphatic hydroxyl groups excluding tert-OH is 1. The van der Waals surface area contributed by atoms with E-state index in [4.69, 9.17) is 4.74 Å².